The normalized spacial score (nSPS) is 10.6. The second-order valence-electron chi connectivity index (χ2n) is 6.26. The Bertz CT molecular complexity index is 1020. The van der Waals surface area contributed by atoms with Crippen molar-refractivity contribution in [2.24, 2.45) is 5.73 Å². The molecule has 0 aliphatic heterocycles. The van der Waals surface area contributed by atoms with Gasteiger partial charge in [-0.25, -0.2) is 0 Å². The third kappa shape index (κ3) is 5.38. The van der Waals surface area contributed by atoms with Gasteiger partial charge in [-0.15, -0.1) is 0 Å². The number of amides is 2. The zero-order chi connectivity index (χ0) is 20.8. The van der Waals surface area contributed by atoms with Gasteiger partial charge in [0.25, 0.3) is 5.91 Å². The van der Waals surface area contributed by atoms with Crippen LogP contribution in [0.5, 0.6) is 5.75 Å². The number of carbonyl (C=O) groups is 2. The molecule has 3 rings (SSSR count). The van der Waals surface area contributed by atoms with E-state index in [2.05, 4.69) is 10.1 Å². The number of nitrogens with two attached hydrogens (primary N) is 1. The molecule has 0 radical (unpaired) electrons. The van der Waals surface area contributed by atoms with E-state index in [-0.39, 0.29) is 16.9 Å². The number of anilines is 1. The lowest BCUT2D eigenvalue weighted by Gasteiger charge is -2.14. The van der Waals surface area contributed by atoms with Crippen molar-refractivity contribution in [3.8, 4) is 5.75 Å². The van der Waals surface area contributed by atoms with Crippen molar-refractivity contribution in [3.63, 3.8) is 0 Å². The summed E-state index contributed by atoms with van der Waals surface area (Å²) in [4.78, 5) is 23.8. The molecule has 148 valence electrons. The number of hydrogen-bond donors (Lipinski definition) is 2. The van der Waals surface area contributed by atoms with Gasteiger partial charge in [0.1, 0.15) is 5.75 Å². The van der Waals surface area contributed by atoms with Crippen LogP contribution in [0.1, 0.15) is 31.8 Å². The Morgan fingerprint density at radius 3 is 2.34 bits per heavy atom. The summed E-state index contributed by atoms with van der Waals surface area (Å²) in [6, 6.07) is 19.7. The van der Waals surface area contributed by atoms with Crippen molar-refractivity contribution in [3.05, 3.63) is 95.1 Å². The van der Waals surface area contributed by atoms with E-state index in [1.807, 2.05) is 30.3 Å². The van der Waals surface area contributed by atoms with E-state index in [0.29, 0.717) is 17.7 Å². The quantitative estimate of drug-likeness (QED) is 0.627. The molecule has 0 aliphatic carbocycles. The molecule has 0 saturated carbocycles. The average Bonchev–Trinajstić information content (AvgIpc) is 2.70. The van der Waals surface area contributed by atoms with Crippen molar-refractivity contribution in [1.29, 1.82) is 0 Å². The Labute approximate surface area is 166 Å². The minimum Gasteiger partial charge on any atom is -0.435 e. The van der Waals surface area contributed by atoms with Crippen LogP contribution in [0.25, 0.3) is 0 Å². The number of ether oxygens (including phenoxy) is 1. The first-order chi connectivity index (χ1) is 13.9. The molecule has 29 heavy (non-hydrogen) atoms. The summed E-state index contributed by atoms with van der Waals surface area (Å²) >= 11 is 0. The number of hydrogen-bond acceptors (Lipinski definition) is 3. The fourth-order valence-corrected chi connectivity index (χ4v) is 2.84. The highest BCUT2D eigenvalue weighted by molar-refractivity contribution is 6.06. The molecule has 0 saturated heterocycles. The average molecular weight is 396 g/mol. The molecule has 2 amide bonds. The molecule has 3 N–H and O–H groups in total. The lowest BCUT2D eigenvalue weighted by atomic mass is 10.0. The molecule has 0 bridgehead atoms. The van der Waals surface area contributed by atoms with E-state index < -0.39 is 18.4 Å². The molecule has 3 aromatic rings. The summed E-state index contributed by atoms with van der Waals surface area (Å²) < 4.78 is 30.1. The molecule has 0 aliphatic rings. The van der Waals surface area contributed by atoms with Gasteiger partial charge in [0.2, 0.25) is 5.91 Å². The first kappa shape index (κ1) is 20.0. The third-order valence-corrected chi connectivity index (χ3v) is 4.18. The van der Waals surface area contributed by atoms with Crippen molar-refractivity contribution in [2.75, 3.05) is 5.32 Å². The first-order valence-electron chi connectivity index (χ1n) is 8.75. The van der Waals surface area contributed by atoms with E-state index in [9.17, 15) is 18.4 Å². The smallest absolute Gasteiger partial charge is 0.387 e. The van der Waals surface area contributed by atoms with Crippen LogP contribution in [-0.4, -0.2) is 18.4 Å². The number of alkyl halides is 2. The summed E-state index contributed by atoms with van der Waals surface area (Å²) in [5.41, 5.74) is 7.52. The maximum atomic E-state index is 12.7. The van der Waals surface area contributed by atoms with Crippen LogP contribution in [0.4, 0.5) is 14.5 Å². The molecule has 0 heterocycles. The van der Waals surface area contributed by atoms with E-state index in [1.165, 1.54) is 24.3 Å². The number of benzene rings is 3. The van der Waals surface area contributed by atoms with Crippen molar-refractivity contribution >= 4 is 17.5 Å². The molecule has 0 spiro atoms. The van der Waals surface area contributed by atoms with Crippen molar-refractivity contribution < 1.29 is 23.1 Å². The van der Waals surface area contributed by atoms with Crippen LogP contribution in [-0.2, 0) is 6.42 Å². The molecule has 0 fully saturated rings. The predicted molar refractivity (Wildman–Crippen MR) is 105 cm³/mol. The van der Waals surface area contributed by atoms with Crippen molar-refractivity contribution in [2.45, 2.75) is 13.0 Å². The minimum atomic E-state index is -2.96. The van der Waals surface area contributed by atoms with Gasteiger partial charge in [-0.2, -0.15) is 8.78 Å². The molecule has 0 aromatic heterocycles. The van der Waals surface area contributed by atoms with E-state index in [0.717, 1.165) is 5.56 Å². The molecule has 7 heteroatoms. The maximum absolute atomic E-state index is 12.7. The molecular formula is C22H18F2N2O3. The number of carbonyl (C=O) groups excluding carboxylic acids is 2. The minimum absolute atomic E-state index is 0.0394. The van der Waals surface area contributed by atoms with Crippen LogP contribution in [0.3, 0.4) is 0 Å². The van der Waals surface area contributed by atoms with Crippen LogP contribution in [0.2, 0.25) is 0 Å². The van der Waals surface area contributed by atoms with E-state index >= 15 is 0 Å². The van der Waals surface area contributed by atoms with E-state index in [1.54, 1.807) is 18.2 Å². The maximum Gasteiger partial charge on any atom is 0.387 e. The SMILES string of the molecule is NC(=O)c1cccc(C(=O)Nc2ccc(OC(F)F)c(Cc3ccccc3)c2)c1. The largest absolute Gasteiger partial charge is 0.435 e. The molecule has 0 unspecified atom stereocenters. The summed E-state index contributed by atoms with van der Waals surface area (Å²) in [7, 11) is 0. The number of halogens is 2. The zero-order valence-corrected chi connectivity index (χ0v) is 15.3. The zero-order valence-electron chi connectivity index (χ0n) is 15.3. The molecular weight excluding hydrogens is 378 g/mol. The fraction of sp³-hybridized carbons (Fsp3) is 0.0909. The van der Waals surface area contributed by atoms with Gasteiger partial charge in [-0.1, -0.05) is 36.4 Å². The van der Waals surface area contributed by atoms with Gasteiger partial charge in [-0.05, 0) is 42.0 Å². The van der Waals surface area contributed by atoms with Gasteiger partial charge in [0.05, 0.1) is 0 Å². The van der Waals surface area contributed by atoms with Gasteiger partial charge < -0.3 is 15.8 Å². The third-order valence-electron chi connectivity index (χ3n) is 4.18. The Morgan fingerprint density at radius 2 is 1.66 bits per heavy atom. The van der Waals surface area contributed by atoms with Gasteiger partial charge in [-0.3, -0.25) is 9.59 Å². The lowest BCUT2D eigenvalue weighted by Crippen LogP contribution is -2.15. The Kier molecular flexibility index (Phi) is 6.19. The Hall–Kier alpha value is -3.74. The topological polar surface area (TPSA) is 81.4 Å². The Balaban J connectivity index is 1.85. The van der Waals surface area contributed by atoms with Gasteiger partial charge >= 0.3 is 6.61 Å². The lowest BCUT2D eigenvalue weighted by molar-refractivity contribution is -0.0503. The molecule has 0 atom stereocenters. The second kappa shape index (κ2) is 8.97. The fourth-order valence-electron chi connectivity index (χ4n) is 2.84. The first-order valence-corrected chi connectivity index (χ1v) is 8.75. The molecule has 3 aromatic carbocycles. The second-order valence-corrected chi connectivity index (χ2v) is 6.26. The van der Waals surface area contributed by atoms with Gasteiger partial charge in [0.15, 0.2) is 0 Å². The summed E-state index contributed by atoms with van der Waals surface area (Å²) in [6.45, 7) is -2.96. The summed E-state index contributed by atoms with van der Waals surface area (Å²) in [5, 5.41) is 2.70. The Morgan fingerprint density at radius 1 is 0.931 bits per heavy atom. The molecule has 5 nitrogen and oxygen atoms in total. The highest BCUT2D eigenvalue weighted by Gasteiger charge is 2.14. The van der Waals surface area contributed by atoms with Crippen molar-refractivity contribution in [1.82, 2.24) is 0 Å². The highest BCUT2D eigenvalue weighted by atomic mass is 19.3. The number of rotatable bonds is 7. The van der Waals surface area contributed by atoms with Crippen LogP contribution >= 0.6 is 0 Å². The van der Waals surface area contributed by atoms with E-state index in [4.69, 9.17) is 5.73 Å². The summed E-state index contributed by atoms with van der Waals surface area (Å²) in [6.07, 6.45) is 0.351. The number of primary amides is 1. The monoisotopic (exact) mass is 396 g/mol. The van der Waals surface area contributed by atoms with Crippen LogP contribution in [0, 0.1) is 0 Å². The highest BCUT2D eigenvalue weighted by Crippen LogP contribution is 2.27. The van der Waals surface area contributed by atoms with Crippen LogP contribution in [0.15, 0.2) is 72.8 Å². The predicted octanol–water partition coefficient (Wildman–Crippen LogP) is 4.23. The van der Waals surface area contributed by atoms with Gasteiger partial charge in [0, 0.05) is 28.8 Å². The summed E-state index contributed by atoms with van der Waals surface area (Å²) in [5.74, 6) is -1.06. The number of nitrogens with one attached hydrogen (secondary N) is 1. The van der Waals surface area contributed by atoms with Crippen LogP contribution < -0.4 is 15.8 Å². The standard InChI is InChI=1S/C22H18F2N2O3/c23-22(24)29-19-10-9-18(13-17(19)11-14-5-2-1-3-6-14)26-21(28)16-8-4-7-15(12-16)20(25)27/h1-10,12-13,22H,11H2,(H2,25,27)(H,26,28).